The number of ether oxygens (including phenoxy) is 1. The molecule has 0 saturated carbocycles. The minimum atomic E-state index is -0.711. The topological polar surface area (TPSA) is 58.6 Å². The Bertz CT molecular complexity index is 434. The largest absolute Gasteiger partial charge is 0.387 e. The van der Waals surface area contributed by atoms with Crippen LogP contribution in [0.1, 0.15) is 44.9 Å². The number of nitrogens with one attached hydrogen (secondary N) is 1. The summed E-state index contributed by atoms with van der Waals surface area (Å²) < 4.78 is 4.91. The van der Waals surface area contributed by atoms with Crippen molar-refractivity contribution in [2.24, 2.45) is 0 Å². The predicted molar refractivity (Wildman–Crippen MR) is 79.6 cm³/mol. The molecule has 0 radical (unpaired) electrons. The molecule has 2 N–H and O–H groups in total. The van der Waals surface area contributed by atoms with Gasteiger partial charge in [0.2, 0.25) is 5.91 Å². The van der Waals surface area contributed by atoms with Gasteiger partial charge in [0.05, 0.1) is 6.10 Å². The number of aliphatic hydroxyl groups is 1. The van der Waals surface area contributed by atoms with E-state index in [9.17, 15) is 9.90 Å². The fourth-order valence-corrected chi connectivity index (χ4v) is 1.77. The molecular weight excluding hydrogens is 254 g/mol. The summed E-state index contributed by atoms with van der Waals surface area (Å²) in [6, 6.07) is 7.82. The van der Waals surface area contributed by atoms with Gasteiger partial charge >= 0.3 is 0 Å². The van der Waals surface area contributed by atoms with E-state index in [4.69, 9.17) is 4.74 Å². The van der Waals surface area contributed by atoms with E-state index < -0.39 is 12.2 Å². The van der Waals surface area contributed by atoms with Crippen LogP contribution in [0.15, 0.2) is 24.3 Å². The van der Waals surface area contributed by atoms with Gasteiger partial charge in [0.15, 0.2) is 0 Å². The molecule has 0 aliphatic rings. The van der Waals surface area contributed by atoms with E-state index in [2.05, 4.69) is 26.1 Å². The highest BCUT2D eigenvalue weighted by Gasteiger charge is 2.16. The first-order valence-corrected chi connectivity index (χ1v) is 6.84. The molecule has 4 nitrogen and oxygen atoms in total. The number of aliphatic hydroxyl groups excluding tert-OH is 1. The molecule has 2 unspecified atom stereocenters. The number of amides is 1. The van der Waals surface area contributed by atoms with Gasteiger partial charge in [-0.1, -0.05) is 45.0 Å². The number of hydrogen-bond acceptors (Lipinski definition) is 3. The smallest absolute Gasteiger partial charge is 0.248 e. The zero-order chi connectivity index (χ0) is 15.3. The molecule has 0 heterocycles. The van der Waals surface area contributed by atoms with Crippen LogP contribution in [0.25, 0.3) is 0 Å². The molecule has 1 rings (SSSR count). The molecule has 20 heavy (non-hydrogen) atoms. The standard InChI is InChI=1S/C16H25NO3/c1-11(20-5)15(19)17-10-14(18)12-6-8-13(9-7-12)16(2,3)4/h6-9,11,14,18H,10H2,1-5H3,(H,17,19). The quantitative estimate of drug-likeness (QED) is 0.868. The lowest BCUT2D eigenvalue weighted by molar-refractivity contribution is -0.130. The van der Waals surface area contributed by atoms with Gasteiger partial charge in [0.25, 0.3) is 0 Å². The molecule has 1 aromatic carbocycles. The van der Waals surface area contributed by atoms with Crippen LogP contribution in [0.2, 0.25) is 0 Å². The van der Waals surface area contributed by atoms with Gasteiger partial charge in [-0.2, -0.15) is 0 Å². The Balaban J connectivity index is 2.60. The monoisotopic (exact) mass is 279 g/mol. The Morgan fingerprint density at radius 1 is 1.30 bits per heavy atom. The Kier molecular flexibility index (Phi) is 5.72. The van der Waals surface area contributed by atoms with Crippen molar-refractivity contribution in [3.63, 3.8) is 0 Å². The van der Waals surface area contributed by atoms with Crippen molar-refractivity contribution < 1.29 is 14.6 Å². The van der Waals surface area contributed by atoms with Crippen molar-refractivity contribution in [1.82, 2.24) is 5.32 Å². The van der Waals surface area contributed by atoms with Crippen LogP contribution in [0.4, 0.5) is 0 Å². The minimum Gasteiger partial charge on any atom is -0.387 e. The number of hydrogen-bond donors (Lipinski definition) is 2. The molecule has 0 spiro atoms. The van der Waals surface area contributed by atoms with Gasteiger partial charge < -0.3 is 15.2 Å². The van der Waals surface area contributed by atoms with E-state index in [1.165, 1.54) is 12.7 Å². The van der Waals surface area contributed by atoms with Crippen LogP contribution in [0.3, 0.4) is 0 Å². The number of rotatable bonds is 5. The first-order chi connectivity index (χ1) is 9.25. The highest BCUT2D eigenvalue weighted by Crippen LogP contribution is 2.23. The van der Waals surface area contributed by atoms with E-state index in [1.54, 1.807) is 6.92 Å². The van der Waals surface area contributed by atoms with Gasteiger partial charge in [0.1, 0.15) is 6.10 Å². The van der Waals surface area contributed by atoms with Crippen molar-refractivity contribution in [2.75, 3.05) is 13.7 Å². The average Bonchev–Trinajstić information content (AvgIpc) is 2.42. The highest BCUT2D eigenvalue weighted by molar-refractivity contribution is 5.80. The van der Waals surface area contributed by atoms with E-state index in [1.807, 2.05) is 24.3 Å². The van der Waals surface area contributed by atoms with E-state index >= 15 is 0 Å². The summed E-state index contributed by atoms with van der Waals surface area (Å²) in [6.07, 6.45) is -1.22. The minimum absolute atomic E-state index is 0.0889. The van der Waals surface area contributed by atoms with Gasteiger partial charge in [-0.25, -0.2) is 0 Å². The van der Waals surface area contributed by atoms with Crippen molar-refractivity contribution in [3.05, 3.63) is 35.4 Å². The third-order valence-corrected chi connectivity index (χ3v) is 3.35. The Morgan fingerprint density at radius 3 is 2.30 bits per heavy atom. The second-order valence-corrected chi connectivity index (χ2v) is 6.01. The molecule has 0 saturated heterocycles. The van der Waals surface area contributed by atoms with Crippen LogP contribution < -0.4 is 5.32 Å². The zero-order valence-corrected chi connectivity index (χ0v) is 12.9. The lowest BCUT2D eigenvalue weighted by Gasteiger charge is -2.20. The second-order valence-electron chi connectivity index (χ2n) is 6.01. The molecule has 0 bridgehead atoms. The summed E-state index contributed by atoms with van der Waals surface area (Å²) in [4.78, 5) is 11.5. The first kappa shape index (κ1) is 16.7. The molecule has 0 aliphatic heterocycles. The Hall–Kier alpha value is -1.39. The van der Waals surface area contributed by atoms with E-state index in [0.717, 1.165) is 5.56 Å². The maximum absolute atomic E-state index is 11.5. The SMILES string of the molecule is COC(C)C(=O)NCC(O)c1ccc(C(C)(C)C)cc1. The fraction of sp³-hybridized carbons (Fsp3) is 0.562. The number of carbonyl (C=O) groups is 1. The predicted octanol–water partition coefficient (Wildman–Crippen LogP) is 2.17. The van der Waals surface area contributed by atoms with E-state index in [0.29, 0.717) is 0 Å². The lowest BCUT2D eigenvalue weighted by atomic mass is 9.86. The number of carbonyl (C=O) groups excluding carboxylic acids is 1. The highest BCUT2D eigenvalue weighted by atomic mass is 16.5. The Morgan fingerprint density at radius 2 is 1.85 bits per heavy atom. The number of benzene rings is 1. The molecule has 1 aromatic rings. The summed E-state index contributed by atoms with van der Waals surface area (Å²) in [7, 11) is 1.48. The molecule has 0 aromatic heterocycles. The average molecular weight is 279 g/mol. The van der Waals surface area contributed by atoms with Crippen molar-refractivity contribution >= 4 is 5.91 Å². The summed E-state index contributed by atoms with van der Waals surface area (Å²) in [6.45, 7) is 8.28. The maximum atomic E-state index is 11.5. The normalized spacial score (nSPS) is 14.7. The van der Waals surface area contributed by atoms with E-state index in [-0.39, 0.29) is 17.9 Å². The van der Waals surface area contributed by atoms with Gasteiger partial charge in [-0.05, 0) is 23.5 Å². The molecule has 2 atom stereocenters. The fourth-order valence-electron chi connectivity index (χ4n) is 1.77. The molecule has 0 aliphatic carbocycles. The zero-order valence-electron chi connectivity index (χ0n) is 12.9. The van der Waals surface area contributed by atoms with Crippen LogP contribution in [-0.2, 0) is 14.9 Å². The van der Waals surface area contributed by atoms with Gasteiger partial charge in [-0.15, -0.1) is 0 Å². The van der Waals surface area contributed by atoms with Crippen molar-refractivity contribution in [3.8, 4) is 0 Å². The summed E-state index contributed by atoms with van der Waals surface area (Å²) in [5.41, 5.74) is 2.10. The molecule has 112 valence electrons. The maximum Gasteiger partial charge on any atom is 0.248 e. The summed E-state index contributed by atoms with van der Waals surface area (Å²) in [5, 5.41) is 12.7. The van der Waals surface area contributed by atoms with Crippen LogP contribution in [0, 0.1) is 0 Å². The third-order valence-electron chi connectivity index (χ3n) is 3.35. The van der Waals surface area contributed by atoms with Gasteiger partial charge in [0, 0.05) is 13.7 Å². The molecule has 0 fully saturated rings. The van der Waals surface area contributed by atoms with Gasteiger partial charge in [-0.3, -0.25) is 4.79 Å². The molecule has 1 amide bonds. The summed E-state index contributed by atoms with van der Waals surface area (Å²) >= 11 is 0. The molecule has 4 heteroatoms. The third kappa shape index (κ3) is 4.62. The van der Waals surface area contributed by atoms with Crippen LogP contribution >= 0.6 is 0 Å². The van der Waals surface area contributed by atoms with Crippen LogP contribution in [-0.4, -0.2) is 30.8 Å². The lowest BCUT2D eigenvalue weighted by Crippen LogP contribution is -2.36. The second kappa shape index (κ2) is 6.86. The number of methoxy groups -OCH3 is 1. The van der Waals surface area contributed by atoms with Crippen molar-refractivity contribution in [2.45, 2.75) is 45.3 Å². The van der Waals surface area contributed by atoms with Crippen LogP contribution in [0.5, 0.6) is 0 Å². The molecular formula is C16H25NO3. The Labute approximate surface area is 121 Å². The first-order valence-electron chi connectivity index (χ1n) is 6.84. The summed E-state index contributed by atoms with van der Waals surface area (Å²) in [5.74, 6) is -0.224. The van der Waals surface area contributed by atoms with Crippen molar-refractivity contribution in [1.29, 1.82) is 0 Å².